The number of nitrogens with zero attached hydrogens (tertiary/aromatic N) is 1. The van der Waals surface area contributed by atoms with Gasteiger partial charge in [-0.05, 0) is 102 Å². The molecule has 3 unspecified atom stereocenters. The van der Waals surface area contributed by atoms with Crippen LogP contribution in [-0.2, 0) is 9.59 Å². The molecule has 0 aromatic carbocycles. The summed E-state index contributed by atoms with van der Waals surface area (Å²) in [4.78, 5) is 29.5. The Morgan fingerprint density at radius 2 is 1.93 bits per heavy atom. The fourth-order valence-corrected chi connectivity index (χ4v) is 7.28. The number of carbonyl (C=O) groups is 2. The summed E-state index contributed by atoms with van der Waals surface area (Å²) in [6.45, 7) is 2.14. The monoisotopic (exact) mass is 483 g/mol. The number of piperidine rings is 1. The number of carbonyl (C=O) groups excluding carboxylic acids is 1. The predicted octanol–water partition coefficient (Wildman–Crippen LogP) is 3.57. The quantitative estimate of drug-likeness (QED) is 0.568. The van der Waals surface area contributed by atoms with E-state index in [-0.39, 0.29) is 35.6 Å². The van der Waals surface area contributed by atoms with Gasteiger partial charge in [0.1, 0.15) is 4.60 Å². The van der Waals surface area contributed by atoms with Crippen LogP contribution in [0.1, 0.15) is 32.1 Å². The van der Waals surface area contributed by atoms with E-state index in [0.29, 0.717) is 22.1 Å². The van der Waals surface area contributed by atoms with Crippen molar-refractivity contribution >= 4 is 45.9 Å². The van der Waals surface area contributed by atoms with Crippen LogP contribution < -0.4 is 10.6 Å². The molecule has 1 amide bonds. The average Bonchev–Trinajstić information content (AvgIpc) is 3.27. The standard InChI is InChI=1S/C21H26BrN3O3.ClH/c22-16-6-3-12(10-24-16)25-19(26)17-13-4-5-14(18(17)20(27)28)21(13)8-15(21)11-2-1-7-23-9-11;/h3,6,10-11,13-15,17-18,23H,1-2,4-5,7-9H2,(H,25,26)(H,27,28);1H/t11?,13-,14+,15?,17+,18+,21?;/m0./s1. The number of carboxylic acids is 1. The van der Waals surface area contributed by atoms with Gasteiger partial charge >= 0.3 is 5.97 Å². The van der Waals surface area contributed by atoms with Gasteiger partial charge in [0.25, 0.3) is 0 Å². The van der Waals surface area contributed by atoms with Gasteiger partial charge in [-0.2, -0.15) is 0 Å². The molecule has 3 aliphatic carbocycles. The summed E-state index contributed by atoms with van der Waals surface area (Å²) in [5.41, 5.74) is 0.713. The van der Waals surface area contributed by atoms with Crippen LogP contribution in [0, 0.1) is 40.9 Å². The third-order valence-corrected chi connectivity index (χ3v) is 8.48. The maximum absolute atomic E-state index is 13.2. The van der Waals surface area contributed by atoms with Gasteiger partial charge in [-0.15, -0.1) is 12.4 Å². The number of anilines is 1. The SMILES string of the molecule is Cl.O=C(O)[C@H]1[C@H](C(=O)Nc2ccc(Br)nc2)[C@@H]2CC[C@H]1C21CC1C1CCCNC1. The Hall–Kier alpha value is -1.18. The van der Waals surface area contributed by atoms with Crippen molar-refractivity contribution in [3.63, 3.8) is 0 Å². The lowest BCUT2D eigenvalue weighted by Gasteiger charge is -2.27. The minimum atomic E-state index is -0.798. The Kier molecular flexibility index (Phi) is 5.68. The van der Waals surface area contributed by atoms with Crippen molar-refractivity contribution in [2.75, 3.05) is 18.4 Å². The molecule has 1 aromatic heterocycles. The fourth-order valence-electron chi connectivity index (χ4n) is 7.05. The third kappa shape index (κ3) is 3.29. The Morgan fingerprint density at radius 3 is 2.55 bits per heavy atom. The summed E-state index contributed by atoms with van der Waals surface area (Å²) >= 11 is 3.29. The molecule has 29 heavy (non-hydrogen) atoms. The van der Waals surface area contributed by atoms with Crippen molar-refractivity contribution < 1.29 is 14.7 Å². The average molecular weight is 485 g/mol. The molecule has 158 valence electrons. The van der Waals surface area contributed by atoms with Gasteiger partial charge in [0.05, 0.1) is 23.7 Å². The number of pyridine rings is 1. The predicted molar refractivity (Wildman–Crippen MR) is 115 cm³/mol. The van der Waals surface area contributed by atoms with E-state index in [2.05, 4.69) is 31.5 Å². The molecule has 0 radical (unpaired) electrons. The highest BCUT2D eigenvalue weighted by Gasteiger charge is 2.77. The summed E-state index contributed by atoms with van der Waals surface area (Å²) in [6.07, 6.45) is 7.10. The second kappa shape index (κ2) is 7.82. The first-order chi connectivity index (χ1) is 13.5. The molecule has 8 heteroatoms. The number of aromatic nitrogens is 1. The summed E-state index contributed by atoms with van der Waals surface area (Å²) in [7, 11) is 0. The molecule has 2 bridgehead atoms. The van der Waals surface area contributed by atoms with E-state index in [1.54, 1.807) is 18.3 Å². The third-order valence-electron chi connectivity index (χ3n) is 8.01. The van der Waals surface area contributed by atoms with Crippen LogP contribution in [0.2, 0.25) is 0 Å². The molecule has 2 heterocycles. The minimum Gasteiger partial charge on any atom is -0.481 e. The van der Waals surface area contributed by atoms with Crippen LogP contribution in [0.15, 0.2) is 22.9 Å². The first-order valence-corrected chi connectivity index (χ1v) is 11.2. The van der Waals surface area contributed by atoms with E-state index in [4.69, 9.17) is 0 Å². The molecule has 6 nitrogen and oxygen atoms in total. The van der Waals surface area contributed by atoms with E-state index < -0.39 is 17.8 Å². The molecule has 1 aromatic rings. The van der Waals surface area contributed by atoms with Gasteiger partial charge in [-0.25, -0.2) is 4.98 Å². The lowest BCUT2D eigenvalue weighted by molar-refractivity contribution is -0.148. The van der Waals surface area contributed by atoms with Crippen molar-refractivity contribution in [1.29, 1.82) is 0 Å². The fraction of sp³-hybridized carbons (Fsp3) is 0.667. The van der Waals surface area contributed by atoms with E-state index in [1.807, 2.05) is 0 Å². The van der Waals surface area contributed by atoms with Gasteiger partial charge in [0.2, 0.25) is 5.91 Å². The Morgan fingerprint density at radius 1 is 1.17 bits per heavy atom. The Bertz CT molecular complexity index is 801. The number of amides is 1. The molecular formula is C21H27BrClN3O3. The first kappa shape index (κ1) is 21.1. The molecule has 3 saturated carbocycles. The van der Waals surface area contributed by atoms with Crippen molar-refractivity contribution in [1.82, 2.24) is 10.3 Å². The largest absolute Gasteiger partial charge is 0.481 e. The van der Waals surface area contributed by atoms with Crippen LogP contribution in [-0.4, -0.2) is 35.1 Å². The second-order valence-corrected chi connectivity index (χ2v) is 9.88. The van der Waals surface area contributed by atoms with E-state index >= 15 is 0 Å². The highest BCUT2D eigenvalue weighted by Crippen LogP contribution is 2.79. The van der Waals surface area contributed by atoms with E-state index in [0.717, 1.165) is 32.4 Å². The maximum Gasteiger partial charge on any atom is 0.307 e. The number of halogens is 2. The highest BCUT2D eigenvalue weighted by molar-refractivity contribution is 9.10. The highest BCUT2D eigenvalue weighted by atomic mass is 79.9. The molecule has 5 rings (SSSR count). The normalized spacial score (nSPS) is 39.8. The van der Waals surface area contributed by atoms with Crippen LogP contribution >= 0.6 is 28.3 Å². The molecule has 4 aliphatic rings. The first-order valence-electron chi connectivity index (χ1n) is 10.4. The molecular weight excluding hydrogens is 458 g/mol. The van der Waals surface area contributed by atoms with Crippen molar-refractivity contribution in [2.24, 2.45) is 40.9 Å². The summed E-state index contributed by atoms with van der Waals surface area (Å²) < 4.78 is 0.703. The molecule has 3 N–H and O–H groups in total. The number of carboxylic acid groups (broad SMARTS) is 1. The zero-order chi connectivity index (χ0) is 19.5. The molecule has 1 aliphatic heterocycles. The van der Waals surface area contributed by atoms with Gasteiger partial charge in [0.15, 0.2) is 0 Å². The van der Waals surface area contributed by atoms with Crippen LogP contribution in [0.3, 0.4) is 0 Å². The molecule has 7 atom stereocenters. The summed E-state index contributed by atoms with van der Waals surface area (Å²) in [5, 5.41) is 16.5. The zero-order valence-corrected chi connectivity index (χ0v) is 18.5. The second-order valence-electron chi connectivity index (χ2n) is 9.07. The van der Waals surface area contributed by atoms with Gasteiger partial charge in [-0.1, -0.05) is 0 Å². The summed E-state index contributed by atoms with van der Waals surface area (Å²) in [5.74, 6) is -0.334. The lowest BCUT2D eigenvalue weighted by atomic mass is 9.78. The van der Waals surface area contributed by atoms with Crippen molar-refractivity contribution in [3.8, 4) is 0 Å². The topological polar surface area (TPSA) is 91.3 Å². The number of aliphatic carboxylic acids is 1. The van der Waals surface area contributed by atoms with Crippen LogP contribution in [0.5, 0.6) is 0 Å². The number of rotatable bonds is 4. The van der Waals surface area contributed by atoms with Gasteiger partial charge < -0.3 is 15.7 Å². The van der Waals surface area contributed by atoms with Crippen LogP contribution in [0.25, 0.3) is 0 Å². The van der Waals surface area contributed by atoms with Crippen molar-refractivity contribution in [2.45, 2.75) is 32.1 Å². The maximum atomic E-state index is 13.2. The zero-order valence-electron chi connectivity index (χ0n) is 16.1. The van der Waals surface area contributed by atoms with E-state index in [1.165, 1.54) is 12.8 Å². The van der Waals surface area contributed by atoms with Gasteiger partial charge in [-0.3, -0.25) is 9.59 Å². The van der Waals surface area contributed by atoms with Crippen LogP contribution in [0.4, 0.5) is 5.69 Å². The Balaban J connectivity index is 0.00000205. The number of nitrogens with one attached hydrogen (secondary N) is 2. The Labute approximate surface area is 185 Å². The summed E-state index contributed by atoms with van der Waals surface area (Å²) in [6, 6.07) is 3.57. The van der Waals surface area contributed by atoms with Gasteiger partial charge in [0, 0.05) is 0 Å². The smallest absolute Gasteiger partial charge is 0.307 e. The lowest BCUT2D eigenvalue weighted by Crippen LogP contribution is -2.37. The molecule has 4 fully saturated rings. The molecule has 1 saturated heterocycles. The molecule has 1 spiro atoms. The van der Waals surface area contributed by atoms with Crippen molar-refractivity contribution in [3.05, 3.63) is 22.9 Å². The number of hydrogen-bond donors (Lipinski definition) is 3. The van der Waals surface area contributed by atoms with E-state index in [9.17, 15) is 14.7 Å². The number of hydrogen-bond acceptors (Lipinski definition) is 4. The minimum absolute atomic E-state index is 0.